The van der Waals surface area contributed by atoms with Gasteiger partial charge in [-0.3, -0.25) is 10.5 Å². The molecule has 0 saturated carbocycles. The number of imidazole rings is 1. The van der Waals surface area contributed by atoms with Gasteiger partial charge in [-0.1, -0.05) is 28.1 Å². The Balaban J connectivity index is 1.85. The smallest absolute Gasteiger partial charge is 0.355 e. The Morgan fingerprint density at radius 3 is 2.42 bits per heavy atom. The molecule has 0 radical (unpaired) electrons. The molecule has 134 valence electrons. The number of nitrogens with two attached hydrogens (primary N) is 1. The number of benzene rings is 2. The zero-order valence-corrected chi connectivity index (χ0v) is 16.4. The molecule has 0 aliphatic heterocycles. The molecule has 0 unspecified atom stereocenters. The van der Waals surface area contributed by atoms with Crippen LogP contribution in [0.15, 0.2) is 59.2 Å². The van der Waals surface area contributed by atoms with Gasteiger partial charge in [-0.05, 0) is 43.3 Å². The molecule has 3 aromatic rings. The first-order valence-corrected chi connectivity index (χ1v) is 9.15. The molecule has 1 heterocycles. The minimum Gasteiger partial charge on any atom is -0.494 e. The average molecular weight is 415 g/mol. The van der Waals surface area contributed by atoms with Gasteiger partial charge in [0.2, 0.25) is 0 Å². The lowest BCUT2D eigenvalue weighted by Gasteiger charge is -2.03. The van der Waals surface area contributed by atoms with Gasteiger partial charge in [0.25, 0.3) is 0 Å². The lowest BCUT2D eigenvalue weighted by atomic mass is 10.1. The SMILES string of the molecule is CCOc1ccc(-c2c[n+](CC(=O)c3ccc(Br)cc3)c(N)n2C)cc1. The van der Waals surface area contributed by atoms with Crippen molar-refractivity contribution in [1.29, 1.82) is 0 Å². The molecule has 0 aliphatic rings. The molecule has 5 nitrogen and oxygen atoms in total. The normalized spacial score (nSPS) is 10.7. The van der Waals surface area contributed by atoms with Crippen LogP contribution >= 0.6 is 15.9 Å². The predicted octanol–water partition coefficient (Wildman–Crippen LogP) is 3.61. The van der Waals surface area contributed by atoms with E-state index in [9.17, 15) is 4.79 Å². The van der Waals surface area contributed by atoms with E-state index in [1.165, 1.54) is 0 Å². The third kappa shape index (κ3) is 3.80. The number of anilines is 1. The predicted molar refractivity (Wildman–Crippen MR) is 105 cm³/mol. The number of rotatable bonds is 6. The van der Waals surface area contributed by atoms with Gasteiger partial charge in [0.1, 0.15) is 24.2 Å². The molecule has 0 bridgehead atoms. The van der Waals surface area contributed by atoms with Crippen LogP contribution in [-0.2, 0) is 13.6 Å². The van der Waals surface area contributed by atoms with E-state index in [1.807, 2.05) is 61.1 Å². The highest BCUT2D eigenvalue weighted by Gasteiger charge is 2.20. The number of ether oxygens (including phenoxy) is 1. The molecule has 0 atom stereocenters. The Kier molecular flexibility index (Phi) is 5.42. The van der Waals surface area contributed by atoms with E-state index in [1.54, 1.807) is 16.7 Å². The molecule has 0 aliphatic carbocycles. The number of aromatic nitrogens is 2. The molecule has 2 aromatic carbocycles. The van der Waals surface area contributed by atoms with E-state index in [2.05, 4.69) is 15.9 Å². The number of halogens is 1. The fourth-order valence-electron chi connectivity index (χ4n) is 2.78. The van der Waals surface area contributed by atoms with Crippen molar-refractivity contribution in [3.63, 3.8) is 0 Å². The first kappa shape index (κ1) is 18.2. The van der Waals surface area contributed by atoms with Gasteiger partial charge >= 0.3 is 5.95 Å². The summed E-state index contributed by atoms with van der Waals surface area (Å²) in [4.78, 5) is 12.5. The van der Waals surface area contributed by atoms with Crippen molar-refractivity contribution in [2.75, 3.05) is 12.3 Å². The second-order valence-electron chi connectivity index (χ2n) is 5.95. The molecular weight excluding hydrogens is 394 g/mol. The van der Waals surface area contributed by atoms with E-state index in [4.69, 9.17) is 10.5 Å². The Labute approximate surface area is 161 Å². The minimum atomic E-state index is 0.0121. The van der Waals surface area contributed by atoms with Crippen LogP contribution < -0.4 is 15.0 Å². The Hall–Kier alpha value is -2.60. The van der Waals surface area contributed by atoms with Gasteiger partial charge in [-0.2, -0.15) is 0 Å². The Morgan fingerprint density at radius 2 is 1.81 bits per heavy atom. The summed E-state index contributed by atoms with van der Waals surface area (Å²) in [6.45, 7) is 2.78. The van der Waals surface area contributed by atoms with Crippen LogP contribution in [0.25, 0.3) is 11.3 Å². The fourth-order valence-corrected chi connectivity index (χ4v) is 3.05. The quantitative estimate of drug-likeness (QED) is 0.494. The molecule has 3 rings (SSSR count). The Morgan fingerprint density at radius 1 is 1.15 bits per heavy atom. The summed E-state index contributed by atoms with van der Waals surface area (Å²) < 4.78 is 10.1. The topological polar surface area (TPSA) is 61.1 Å². The van der Waals surface area contributed by atoms with Crippen molar-refractivity contribution in [2.45, 2.75) is 13.5 Å². The number of nitrogens with zero attached hydrogens (tertiary/aromatic N) is 2. The monoisotopic (exact) mass is 414 g/mol. The zero-order chi connectivity index (χ0) is 18.7. The number of carbonyl (C=O) groups excluding carboxylic acids is 1. The summed E-state index contributed by atoms with van der Waals surface area (Å²) in [7, 11) is 1.89. The maximum absolute atomic E-state index is 12.5. The van der Waals surface area contributed by atoms with Crippen LogP contribution in [-0.4, -0.2) is 17.0 Å². The summed E-state index contributed by atoms with van der Waals surface area (Å²) in [5.74, 6) is 1.37. The molecule has 2 N–H and O–H groups in total. The number of ketones is 1. The molecule has 1 aromatic heterocycles. The summed E-state index contributed by atoms with van der Waals surface area (Å²) in [6, 6.07) is 15.2. The largest absolute Gasteiger partial charge is 0.494 e. The van der Waals surface area contributed by atoms with Crippen molar-refractivity contribution in [2.24, 2.45) is 7.05 Å². The zero-order valence-electron chi connectivity index (χ0n) is 14.8. The van der Waals surface area contributed by atoms with Crippen molar-refractivity contribution in [3.05, 3.63) is 64.8 Å². The van der Waals surface area contributed by atoms with Crippen LogP contribution in [0.3, 0.4) is 0 Å². The molecule has 0 saturated heterocycles. The van der Waals surface area contributed by atoms with E-state index in [-0.39, 0.29) is 12.3 Å². The number of nitrogen functional groups attached to an aromatic ring is 1. The van der Waals surface area contributed by atoms with Crippen molar-refractivity contribution >= 4 is 27.7 Å². The number of hydrogen-bond donors (Lipinski definition) is 1. The fraction of sp³-hybridized carbons (Fsp3) is 0.200. The number of carbonyl (C=O) groups is 1. The molecule has 26 heavy (non-hydrogen) atoms. The standard InChI is InChI=1S/C20H20BrN3O2/c1-3-26-17-10-6-14(7-11-17)18-12-24(20(22)23(18)2)13-19(25)15-4-8-16(21)9-5-15/h4-12,22H,3,13H2,1-2H3/p+1. The molecule has 6 heteroatoms. The number of Topliss-reactive ketones (excluding diaryl/α,β-unsaturated/α-hetero) is 1. The van der Waals surface area contributed by atoms with E-state index in [0.717, 1.165) is 21.5 Å². The van der Waals surface area contributed by atoms with Crippen LogP contribution in [0.5, 0.6) is 5.75 Å². The minimum absolute atomic E-state index is 0.0121. The summed E-state index contributed by atoms with van der Waals surface area (Å²) in [6.07, 6.45) is 1.90. The average Bonchev–Trinajstić information content (AvgIpc) is 2.92. The van der Waals surface area contributed by atoms with Crippen LogP contribution in [0.1, 0.15) is 17.3 Å². The van der Waals surface area contributed by atoms with Crippen LogP contribution in [0, 0.1) is 0 Å². The highest BCUT2D eigenvalue weighted by atomic mass is 79.9. The lowest BCUT2D eigenvalue weighted by molar-refractivity contribution is -0.667. The number of hydrogen-bond acceptors (Lipinski definition) is 3. The second-order valence-corrected chi connectivity index (χ2v) is 6.86. The van der Waals surface area contributed by atoms with Crippen molar-refractivity contribution < 1.29 is 14.1 Å². The van der Waals surface area contributed by atoms with Crippen molar-refractivity contribution in [3.8, 4) is 17.0 Å². The highest BCUT2D eigenvalue weighted by Crippen LogP contribution is 2.23. The summed E-state index contributed by atoms with van der Waals surface area (Å²) in [5, 5.41) is 0. The first-order valence-electron chi connectivity index (χ1n) is 8.36. The second kappa shape index (κ2) is 7.74. The van der Waals surface area contributed by atoms with E-state index in [0.29, 0.717) is 18.1 Å². The van der Waals surface area contributed by atoms with Gasteiger partial charge in [0, 0.05) is 15.6 Å². The summed E-state index contributed by atoms with van der Waals surface area (Å²) >= 11 is 3.38. The molecule has 0 amide bonds. The third-order valence-electron chi connectivity index (χ3n) is 4.22. The highest BCUT2D eigenvalue weighted by molar-refractivity contribution is 9.10. The van der Waals surface area contributed by atoms with Crippen LogP contribution in [0.2, 0.25) is 0 Å². The van der Waals surface area contributed by atoms with Gasteiger partial charge in [-0.15, -0.1) is 0 Å². The Bertz CT molecular complexity index is 915. The third-order valence-corrected chi connectivity index (χ3v) is 4.75. The molecular formula is C20H21BrN3O2+. The van der Waals surface area contributed by atoms with Crippen LogP contribution in [0.4, 0.5) is 5.95 Å². The van der Waals surface area contributed by atoms with E-state index < -0.39 is 0 Å². The molecule has 0 spiro atoms. The van der Waals surface area contributed by atoms with Gasteiger partial charge in [0.05, 0.1) is 13.7 Å². The van der Waals surface area contributed by atoms with Gasteiger partial charge in [0.15, 0.2) is 5.78 Å². The van der Waals surface area contributed by atoms with Gasteiger partial charge < -0.3 is 4.74 Å². The lowest BCUT2D eigenvalue weighted by Crippen LogP contribution is -2.39. The van der Waals surface area contributed by atoms with Gasteiger partial charge in [-0.25, -0.2) is 9.13 Å². The maximum Gasteiger partial charge on any atom is 0.355 e. The first-order chi connectivity index (χ1) is 12.5. The maximum atomic E-state index is 12.5. The van der Waals surface area contributed by atoms with E-state index >= 15 is 0 Å². The molecule has 0 fully saturated rings. The summed E-state index contributed by atoms with van der Waals surface area (Å²) in [5.41, 5.74) is 8.82. The van der Waals surface area contributed by atoms with Crippen molar-refractivity contribution in [1.82, 2.24) is 4.57 Å².